The first kappa shape index (κ1) is 24.7. The smallest absolute Gasteiger partial charge is 0.254 e. The summed E-state index contributed by atoms with van der Waals surface area (Å²) < 4.78 is 4.66. The fraction of sp³-hybridized carbons (Fsp3) is 0.762. The van der Waals surface area contributed by atoms with Crippen molar-refractivity contribution in [2.45, 2.75) is 104 Å². The lowest BCUT2D eigenvalue weighted by Crippen LogP contribution is -3.00. The van der Waals surface area contributed by atoms with Crippen LogP contribution in [0.4, 0.5) is 0 Å². The predicted octanol–water partition coefficient (Wildman–Crippen LogP) is 2.57. The highest BCUT2D eigenvalue weighted by atomic mass is 127. The summed E-state index contributed by atoms with van der Waals surface area (Å²) in [5, 5.41) is 0. The minimum Gasteiger partial charge on any atom is -1.00 e. The van der Waals surface area contributed by atoms with Crippen LogP contribution in [0.1, 0.15) is 64.1 Å². The molecule has 0 saturated heterocycles. The lowest BCUT2D eigenvalue weighted by molar-refractivity contribution is -0.702. The largest absolute Gasteiger partial charge is 1.00 e. The van der Waals surface area contributed by atoms with Crippen LogP contribution in [-0.4, -0.2) is 12.6 Å². The van der Waals surface area contributed by atoms with E-state index >= 15 is 0 Å². The molecular weight excluding hydrogens is 435 g/mol. The van der Waals surface area contributed by atoms with Crippen molar-refractivity contribution in [1.82, 2.24) is 4.57 Å². The molecule has 25 heavy (non-hydrogen) atoms. The maximum absolute atomic E-state index is 3.32. The molecule has 1 aromatic rings. The van der Waals surface area contributed by atoms with Gasteiger partial charge < -0.3 is 24.0 Å². The van der Waals surface area contributed by atoms with Crippen molar-refractivity contribution in [3.63, 3.8) is 0 Å². The summed E-state index contributed by atoms with van der Waals surface area (Å²) >= 11 is 0. The van der Waals surface area contributed by atoms with Crippen LogP contribution in [0.3, 0.4) is 0 Å². The van der Waals surface area contributed by atoms with E-state index in [4.69, 9.17) is 0 Å². The number of aromatic nitrogens is 2. The second-order valence-corrected chi connectivity index (χ2v) is 13.8. The Labute approximate surface area is 174 Å². The molecule has 0 aromatic carbocycles. The molecule has 0 N–H and O–H groups in total. The molecule has 0 saturated carbocycles. The number of hydrogen-bond donors (Lipinski definition) is 0. The number of unbranched alkanes of at least 4 members (excludes halogenated alkanes) is 6. The maximum Gasteiger partial charge on any atom is 0.254 e. The number of hydrogen-bond acceptors (Lipinski definition) is 0. The molecule has 0 spiro atoms. The van der Waals surface area contributed by atoms with Gasteiger partial charge in [0.2, 0.25) is 0 Å². The molecule has 0 aliphatic rings. The summed E-state index contributed by atoms with van der Waals surface area (Å²) in [5.41, 5.74) is 0. The van der Waals surface area contributed by atoms with Crippen LogP contribution >= 0.6 is 0 Å². The van der Waals surface area contributed by atoms with E-state index < -0.39 is 8.07 Å². The van der Waals surface area contributed by atoms with Gasteiger partial charge in [-0.2, -0.15) is 0 Å². The van der Waals surface area contributed by atoms with E-state index in [-0.39, 0.29) is 24.0 Å². The Hall–Kier alpha value is -0.283. The Bertz CT molecular complexity index is 520. The summed E-state index contributed by atoms with van der Waals surface area (Å²) in [7, 11) is -0.832. The standard InChI is InChI=1S/C21H39N2Si.HI/c1-6-7-8-9-10-13-16-22-18-19-23(21(22)2)17-14-11-12-15-20-24(3,4)5;/h18-19H,6-9,11-12,14-17,20H2,1-5H3;1H/q+1;/p-1. The molecule has 1 aromatic heterocycles. The fourth-order valence-electron chi connectivity index (χ4n) is 2.93. The van der Waals surface area contributed by atoms with Crippen molar-refractivity contribution in [2.24, 2.45) is 0 Å². The van der Waals surface area contributed by atoms with E-state index in [1.165, 1.54) is 56.8 Å². The molecule has 144 valence electrons. The highest BCUT2D eigenvalue weighted by Crippen LogP contribution is 2.14. The van der Waals surface area contributed by atoms with Crippen molar-refractivity contribution in [3.8, 4) is 11.8 Å². The highest BCUT2D eigenvalue weighted by molar-refractivity contribution is 6.76. The molecule has 1 rings (SSSR count). The molecular formula is C21H39IN2Si. The van der Waals surface area contributed by atoms with E-state index in [1.54, 1.807) is 0 Å². The molecule has 0 aliphatic carbocycles. The Morgan fingerprint density at radius 2 is 1.72 bits per heavy atom. The van der Waals surface area contributed by atoms with Gasteiger partial charge in [0.15, 0.2) is 6.54 Å². The predicted molar refractivity (Wildman–Crippen MR) is 108 cm³/mol. The first-order chi connectivity index (χ1) is 11.4. The third-order valence-electron chi connectivity index (χ3n) is 4.61. The van der Waals surface area contributed by atoms with E-state index in [1.807, 2.05) is 0 Å². The van der Waals surface area contributed by atoms with Crippen molar-refractivity contribution in [1.29, 1.82) is 0 Å². The van der Waals surface area contributed by atoms with E-state index in [0.717, 1.165) is 19.5 Å². The van der Waals surface area contributed by atoms with Gasteiger partial charge in [0.1, 0.15) is 12.4 Å². The van der Waals surface area contributed by atoms with Gasteiger partial charge in [0.05, 0.1) is 6.54 Å². The second-order valence-electron chi connectivity index (χ2n) is 8.20. The fourth-order valence-corrected chi connectivity index (χ4v) is 4.24. The van der Waals surface area contributed by atoms with Crippen LogP contribution in [-0.2, 0) is 13.1 Å². The minimum atomic E-state index is -0.832. The Morgan fingerprint density at radius 3 is 2.40 bits per heavy atom. The first-order valence-electron chi connectivity index (χ1n) is 9.95. The molecule has 0 radical (unpaired) electrons. The van der Waals surface area contributed by atoms with Crippen LogP contribution in [0, 0.1) is 18.8 Å². The van der Waals surface area contributed by atoms with Crippen LogP contribution < -0.4 is 28.5 Å². The maximum atomic E-state index is 3.32. The second kappa shape index (κ2) is 13.9. The molecule has 4 heteroatoms. The highest BCUT2D eigenvalue weighted by Gasteiger charge is 2.12. The molecule has 2 nitrogen and oxygen atoms in total. The zero-order valence-electron chi connectivity index (χ0n) is 17.2. The third-order valence-corrected chi connectivity index (χ3v) is 6.47. The third kappa shape index (κ3) is 11.9. The van der Waals surface area contributed by atoms with Crippen LogP contribution in [0.25, 0.3) is 0 Å². The quantitative estimate of drug-likeness (QED) is 0.153. The van der Waals surface area contributed by atoms with E-state index in [9.17, 15) is 0 Å². The first-order valence-corrected chi connectivity index (χ1v) is 13.7. The summed E-state index contributed by atoms with van der Waals surface area (Å²) in [5.74, 6) is 7.96. The summed E-state index contributed by atoms with van der Waals surface area (Å²) in [6, 6.07) is 1.48. The number of rotatable bonds is 11. The van der Waals surface area contributed by atoms with Gasteiger partial charge in [0.25, 0.3) is 5.82 Å². The minimum absolute atomic E-state index is 0. The SMILES string of the molecule is CCCCCC#CCn1cc[n+](CCCCCC[Si](C)(C)C)c1C.[I-]. The molecule has 0 fully saturated rings. The van der Waals surface area contributed by atoms with Gasteiger partial charge in [-0.25, -0.2) is 9.13 Å². The average molecular weight is 475 g/mol. The molecule has 0 aliphatic heterocycles. The van der Waals surface area contributed by atoms with Crippen molar-refractivity contribution in [3.05, 3.63) is 18.2 Å². The summed E-state index contributed by atoms with van der Waals surface area (Å²) in [6.07, 6.45) is 14.7. The van der Waals surface area contributed by atoms with Gasteiger partial charge >= 0.3 is 0 Å². The molecule has 1 heterocycles. The molecule has 0 bridgehead atoms. The van der Waals surface area contributed by atoms with Crippen molar-refractivity contribution >= 4 is 8.07 Å². The average Bonchev–Trinajstić information content (AvgIpc) is 2.86. The van der Waals surface area contributed by atoms with Gasteiger partial charge in [-0.05, 0) is 19.3 Å². The number of aryl methyl sites for hydroxylation is 1. The molecule has 0 unspecified atom stereocenters. The lowest BCUT2D eigenvalue weighted by atomic mass is 10.2. The molecule has 0 amide bonds. The van der Waals surface area contributed by atoms with Gasteiger partial charge in [-0.1, -0.05) is 70.1 Å². The van der Waals surface area contributed by atoms with E-state index in [2.05, 4.69) is 66.9 Å². The van der Waals surface area contributed by atoms with Crippen LogP contribution in [0.15, 0.2) is 12.4 Å². The normalized spacial score (nSPS) is 10.9. The van der Waals surface area contributed by atoms with Gasteiger partial charge in [0, 0.05) is 21.4 Å². The lowest BCUT2D eigenvalue weighted by Gasteiger charge is -2.14. The van der Waals surface area contributed by atoms with Gasteiger partial charge in [-0.15, -0.1) is 0 Å². The molecule has 0 atom stereocenters. The van der Waals surface area contributed by atoms with E-state index in [0.29, 0.717) is 0 Å². The van der Waals surface area contributed by atoms with Crippen LogP contribution in [0.2, 0.25) is 25.7 Å². The van der Waals surface area contributed by atoms with Crippen molar-refractivity contribution < 1.29 is 28.5 Å². The topological polar surface area (TPSA) is 8.81 Å². The monoisotopic (exact) mass is 474 g/mol. The zero-order valence-corrected chi connectivity index (χ0v) is 20.4. The number of nitrogens with zero attached hydrogens (tertiary/aromatic N) is 2. The summed E-state index contributed by atoms with van der Waals surface area (Å²) in [6.45, 7) is 13.9. The van der Waals surface area contributed by atoms with Gasteiger partial charge in [-0.3, -0.25) is 0 Å². The Balaban J connectivity index is 0.00000576. The zero-order chi connectivity index (χ0) is 17.8. The number of imidazole rings is 1. The Kier molecular flexibility index (Phi) is 13.7. The summed E-state index contributed by atoms with van der Waals surface area (Å²) in [4.78, 5) is 0. The van der Waals surface area contributed by atoms with Crippen molar-refractivity contribution in [2.75, 3.05) is 0 Å². The number of halogens is 1. The van der Waals surface area contributed by atoms with Crippen LogP contribution in [0.5, 0.6) is 0 Å². The Morgan fingerprint density at radius 1 is 1.00 bits per heavy atom.